The lowest BCUT2D eigenvalue weighted by Crippen LogP contribution is -2.43. The summed E-state index contributed by atoms with van der Waals surface area (Å²) >= 11 is 0. The first-order chi connectivity index (χ1) is 6.49. The van der Waals surface area contributed by atoms with E-state index in [0.29, 0.717) is 0 Å². The number of aliphatic hydroxyl groups is 1. The topological polar surface area (TPSA) is 104 Å². The molecule has 0 saturated heterocycles. The molecule has 14 heavy (non-hydrogen) atoms. The zero-order chi connectivity index (χ0) is 11.1. The lowest BCUT2D eigenvalue weighted by Gasteiger charge is -2.19. The number of amides is 1. The number of hydrogen-bond donors (Lipinski definition) is 3. The summed E-state index contributed by atoms with van der Waals surface area (Å²) in [5.41, 5.74) is 5.46. The van der Waals surface area contributed by atoms with Gasteiger partial charge in [0, 0.05) is 20.0 Å². The molecule has 0 aromatic heterocycles. The van der Waals surface area contributed by atoms with Crippen LogP contribution in [0.2, 0.25) is 0 Å². The lowest BCUT2D eigenvalue weighted by molar-refractivity contribution is -0.137. The SMILES string of the molecule is CN(CCO)C(=O)C(N)CCC(=O)O. The number of aliphatic carboxylic acids is 1. The minimum absolute atomic E-state index is 0.115. The molecule has 0 bridgehead atoms. The molecule has 0 aliphatic heterocycles. The Bertz CT molecular complexity index is 208. The highest BCUT2D eigenvalue weighted by molar-refractivity contribution is 5.82. The number of nitrogens with two attached hydrogens (primary N) is 1. The van der Waals surface area contributed by atoms with E-state index in [0.717, 1.165) is 0 Å². The largest absolute Gasteiger partial charge is 0.481 e. The maximum atomic E-state index is 11.3. The van der Waals surface area contributed by atoms with Crippen molar-refractivity contribution in [3.8, 4) is 0 Å². The van der Waals surface area contributed by atoms with Gasteiger partial charge in [-0.1, -0.05) is 0 Å². The van der Waals surface area contributed by atoms with Gasteiger partial charge in [-0.2, -0.15) is 0 Å². The van der Waals surface area contributed by atoms with E-state index in [2.05, 4.69) is 0 Å². The van der Waals surface area contributed by atoms with E-state index in [1.54, 1.807) is 0 Å². The first kappa shape index (κ1) is 12.9. The van der Waals surface area contributed by atoms with Crippen molar-refractivity contribution >= 4 is 11.9 Å². The quantitative estimate of drug-likeness (QED) is 0.495. The third-order valence-corrected chi connectivity index (χ3v) is 1.80. The van der Waals surface area contributed by atoms with E-state index < -0.39 is 12.0 Å². The van der Waals surface area contributed by atoms with Gasteiger partial charge in [0.15, 0.2) is 0 Å². The van der Waals surface area contributed by atoms with Gasteiger partial charge in [-0.15, -0.1) is 0 Å². The molecule has 6 heteroatoms. The summed E-state index contributed by atoms with van der Waals surface area (Å²) in [5.74, 6) is -1.32. The monoisotopic (exact) mass is 204 g/mol. The summed E-state index contributed by atoms with van der Waals surface area (Å²) in [6.45, 7) is 0.0769. The molecule has 6 nitrogen and oxygen atoms in total. The Kier molecular flexibility index (Phi) is 5.82. The fourth-order valence-corrected chi connectivity index (χ4v) is 0.946. The number of carbonyl (C=O) groups is 2. The molecule has 0 saturated carbocycles. The molecule has 1 amide bonds. The number of carboxylic acid groups (broad SMARTS) is 1. The maximum Gasteiger partial charge on any atom is 0.303 e. The smallest absolute Gasteiger partial charge is 0.303 e. The van der Waals surface area contributed by atoms with Crippen LogP contribution in [-0.2, 0) is 9.59 Å². The third kappa shape index (κ3) is 4.78. The van der Waals surface area contributed by atoms with Crippen LogP contribution in [0.1, 0.15) is 12.8 Å². The van der Waals surface area contributed by atoms with E-state index in [4.69, 9.17) is 15.9 Å². The number of carbonyl (C=O) groups excluding carboxylic acids is 1. The van der Waals surface area contributed by atoms with Gasteiger partial charge >= 0.3 is 5.97 Å². The third-order valence-electron chi connectivity index (χ3n) is 1.80. The molecule has 82 valence electrons. The molecule has 0 heterocycles. The average molecular weight is 204 g/mol. The van der Waals surface area contributed by atoms with Gasteiger partial charge in [-0.3, -0.25) is 9.59 Å². The van der Waals surface area contributed by atoms with E-state index in [1.807, 2.05) is 0 Å². The molecular formula is C8H16N2O4. The van der Waals surface area contributed by atoms with Crippen molar-refractivity contribution in [2.75, 3.05) is 20.2 Å². The number of carboxylic acids is 1. The zero-order valence-corrected chi connectivity index (χ0v) is 8.14. The number of aliphatic hydroxyl groups excluding tert-OH is 1. The summed E-state index contributed by atoms with van der Waals surface area (Å²) in [6.07, 6.45) is -0.0101. The second-order valence-corrected chi connectivity index (χ2v) is 3.02. The number of nitrogens with zero attached hydrogens (tertiary/aromatic N) is 1. The predicted octanol–water partition coefficient (Wildman–Crippen LogP) is -1.37. The molecular weight excluding hydrogens is 188 g/mol. The number of hydrogen-bond acceptors (Lipinski definition) is 4. The maximum absolute atomic E-state index is 11.3. The fourth-order valence-electron chi connectivity index (χ4n) is 0.946. The van der Waals surface area contributed by atoms with E-state index in [-0.39, 0.29) is 31.9 Å². The predicted molar refractivity (Wildman–Crippen MR) is 49.6 cm³/mol. The van der Waals surface area contributed by atoms with Crippen LogP contribution >= 0.6 is 0 Å². The highest BCUT2D eigenvalue weighted by Crippen LogP contribution is 1.98. The van der Waals surface area contributed by atoms with Gasteiger partial charge in [0.1, 0.15) is 0 Å². The van der Waals surface area contributed by atoms with Gasteiger partial charge in [0.25, 0.3) is 0 Å². The summed E-state index contributed by atoms with van der Waals surface area (Å²) in [6, 6.07) is -0.803. The normalized spacial score (nSPS) is 12.2. The van der Waals surface area contributed by atoms with Crippen LogP contribution in [0.25, 0.3) is 0 Å². The van der Waals surface area contributed by atoms with Crippen LogP contribution in [0.5, 0.6) is 0 Å². The highest BCUT2D eigenvalue weighted by atomic mass is 16.4. The molecule has 0 aliphatic carbocycles. The second-order valence-electron chi connectivity index (χ2n) is 3.02. The Balaban J connectivity index is 3.91. The van der Waals surface area contributed by atoms with E-state index >= 15 is 0 Å². The lowest BCUT2D eigenvalue weighted by atomic mass is 10.1. The zero-order valence-electron chi connectivity index (χ0n) is 8.14. The Hall–Kier alpha value is -1.14. The molecule has 0 spiro atoms. The first-order valence-electron chi connectivity index (χ1n) is 4.32. The summed E-state index contributed by atoms with van der Waals surface area (Å²) in [5, 5.41) is 16.9. The van der Waals surface area contributed by atoms with E-state index in [9.17, 15) is 9.59 Å². The van der Waals surface area contributed by atoms with Crippen molar-refractivity contribution in [1.82, 2.24) is 4.90 Å². The van der Waals surface area contributed by atoms with Crippen molar-refractivity contribution in [3.05, 3.63) is 0 Å². The van der Waals surface area contributed by atoms with Crippen molar-refractivity contribution < 1.29 is 19.8 Å². The number of rotatable bonds is 6. The van der Waals surface area contributed by atoms with Crippen molar-refractivity contribution in [3.63, 3.8) is 0 Å². The van der Waals surface area contributed by atoms with Gasteiger partial charge in [-0.05, 0) is 6.42 Å². The molecule has 1 atom stereocenters. The van der Waals surface area contributed by atoms with Gasteiger partial charge in [0.05, 0.1) is 12.6 Å². The Morgan fingerprint density at radius 1 is 1.50 bits per heavy atom. The van der Waals surface area contributed by atoms with Crippen molar-refractivity contribution in [2.45, 2.75) is 18.9 Å². The Labute approximate surface area is 82.3 Å². The molecule has 0 aromatic carbocycles. The standard InChI is InChI=1S/C8H16N2O4/c1-10(4-5-11)8(14)6(9)2-3-7(12)13/h6,11H,2-5,9H2,1H3,(H,12,13). The summed E-state index contributed by atoms with van der Waals surface area (Å²) in [7, 11) is 1.51. The molecule has 0 fully saturated rings. The molecule has 4 N–H and O–H groups in total. The fraction of sp³-hybridized carbons (Fsp3) is 0.750. The minimum atomic E-state index is -0.974. The van der Waals surface area contributed by atoms with Gasteiger partial charge in [0.2, 0.25) is 5.91 Å². The van der Waals surface area contributed by atoms with Crippen LogP contribution in [-0.4, -0.2) is 53.2 Å². The molecule has 1 unspecified atom stereocenters. The number of likely N-dealkylation sites (N-methyl/N-ethyl adjacent to an activating group) is 1. The van der Waals surface area contributed by atoms with E-state index in [1.165, 1.54) is 11.9 Å². The molecule has 0 aromatic rings. The van der Waals surface area contributed by atoms with Crippen LogP contribution in [0.3, 0.4) is 0 Å². The van der Waals surface area contributed by atoms with Gasteiger partial charge < -0.3 is 20.8 Å². The molecule has 0 aliphatic rings. The average Bonchev–Trinajstić information content (AvgIpc) is 2.13. The Morgan fingerprint density at radius 2 is 2.07 bits per heavy atom. The summed E-state index contributed by atoms with van der Waals surface area (Å²) < 4.78 is 0. The molecule has 0 rings (SSSR count). The summed E-state index contributed by atoms with van der Waals surface area (Å²) in [4.78, 5) is 22.8. The van der Waals surface area contributed by atoms with Crippen molar-refractivity contribution in [2.24, 2.45) is 5.73 Å². The minimum Gasteiger partial charge on any atom is -0.481 e. The second kappa shape index (κ2) is 6.33. The van der Waals surface area contributed by atoms with Crippen LogP contribution in [0, 0.1) is 0 Å². The molecule has 0 radical (unpaired) electrons. The van der Waals surface area contributed by atoms with Crippen LogP contribution in [0.15, 0.2) is 0 Å². The first-order valence-corrected chi connectivity index (χ1v) is 4.32. The van der Waals surface area contributed by atoms with Gasteiger partial charge in [-0.25, -0.2) is 0 Å². The van der Waals surface area contributed by atoms with Crippen molar-refractivity contribution in [1.29, 1.82) is 0 Å². The Morgan fingerprint density at radius 3 is 2.50 bits per heavy atom. The van der Waals surface area contributed by atoms with Crippen LogP contribution < -0.4 is 5.73 Å². The highest BCUT2D eigenvalue weighted by Gasteiger charge is 2.18. The van der Waals surface area contributed by atoms with Crippen LogP contribution in [0.4, 0.5) is 0 Å².